The molecule has 0 radical (unpaired) electrons. The van der Waals surface area contributed by atoms with Crippen LogP contribution < -0.4 is 21.3 Å². The summed E-state index contributed by atoms with van der Waals surface area (Å²) in [6, 6.07) is 13.9. The fourth-order valence-corrected chi connectivity index (χ4v) is 4.26. The van der Waals surface area contributed by atoms with Gasteiger partial charge in [0.25, 0.3) is 0 Å². The molecule has 0 bridgehead atoms. The Morgan fingerprint density at radius 2 is 1.61 bits per heavy atom. The van der Waals surface area contributed by atoms with Gasteiger partial charge in [0.1, 0.15) is 12.4 Å². The number of hydrogen-bond donors (Lipinski definition) is 1. The molecule has 1 fully saturated rings. The first-order chi connectivity index (χ1) is 16.0. The molecule has 2 aromatic carbocycles. The van der Waals surface area contributed by atoms with E-state index < -0.39 is 11.1 Å². The number of fused-ring (bicyclic) bond motifs is 1. The van der Waals surface area contributed by atoms with E-state index in [2.05, 4.69) is 15.1 Å². The van der Waals surface area contributed by atoms with Crippen LogP contribution >= 0.6 is 0 Å². The molecule has 1 aliphatic heterocycles. The number of carbonyl (C=O) groups excluding carboxylic acids is 1. The predicted octanol–water partition coefficient (Wildman–Crippen LogP) is 1.17. The minimum Gasteiger partial charge on any atom is -0.367 e. The van der Waals surface area contributed by atoms with Crippen LogP contribution in [0.5, 0.6) is 0 Å². The topological polar surface area (TPSA) is 79.6 Å². The van der Waals surface area contributed by atoms with Crippen molar-refractivity contribution in [2.75, 3.05) is 44.2 Å². The average molecular weight is 454 g/mol. The van der Waals surface area contributed by atoms with Crippen LogP contribution in [-0.4, -0.2) is 59.2 Å². The van der Waals surface area contributed by atoms with Crippen LogP contribution in [0.4, 0.5) is 10.1 Å². The van der Waals surface area contributed by atoms with Crippen LogP contribution in [0, 0.1) is 5.82 Å². The zero-order valence-corrected chi connectivity index (χ0v) is 18.7. The summed E-state index contributed by atoms with van der Waals surface area (Å²) >= 11 is 0. The minimum atomic E-state index is -0.709. The number of nitrogens with one attached hydrogen (secondary N) is 1. The lowest BCUT2D eigenvalue weighted by Gasteiger charge is -2.36. The number of halogens is 1. The van der Waals surface area contributed by atoms with Crippen molar-refractivity contribution in [3.05, 3.63) is 75.1 Å². The van der Waals surface area contributed by atoms with Crippen molar-refractivity contribution in [1.82, 2.24) is 19.4 Å². The number of aryl methyl sites for hydroxylation is 1. The summed E-state index contributed by atoms with van der Waals surface area (Å²) in [6.45, 7) is 4.27. The molecular formula is C24H28FN5O3. The van der Waals surface area contributed by atoms with Crippen molar-refractivity contribution < 1.29 is 9.18 Å². The second-order valence-electron chi connectivity index (χ2n) is 8.23. The lowest BCUT2D eigenvalue weighted by atomic mass is 10.2. The Bertz CT molecular complexity index is 1260. The SMILES string of the molecule is Cn1c(=O)c(=O)n(CC(=O)NCCCN2CCN(c3ccccc3F)CC2)c2ccccc21. The molecule has 0 unspecified atom stereocenters. The van der Waals surface area contributed by atoms with E-state index in [1.54, 1.807) is 43.4 Å². The standard InChI is InChI=1S/C24H28FN5O3/c1-27-20-9-4-5-10-21(20)30(24(33)23(27)32)17-22(31)26-11-6-12-28-13-15-29(16-14-28)19-8-3-2-7-18(19)25/h2-5,7-10H,6,11-17H2,1H3,(H,26,31). The largest absolute Gasteiger partial charge is 0.367 e. The number of carbonyl (C=O) groups is 1. The first-order valence-corrected chi connectivity index (χ1v) is 11.1. The highest BCUT2D eigenvalue weighted by Gasteiger charge is 2.19. The molecular weight excluding hydrogens is 425 g/mol. The molecule has 4 rings (SSSR count). The smallest absolute Gasteiger partial charge is 0.317 e. The van der Waals surface area contributed by atoms with Crippen molar-refractivity contribution in [3.63, 3.8) is 0 Å². The Kier molecular flexibility index (Phi) is 6.88. The molecule has 1 N–H and O–H groups in total. The van der Waals surface area contributed by atoms with Gasteiger partial charge in [0.2, 0.25) is 5.91 Å². The van der Waals surface area contributed by atoms with Gasteiger partial charge in [0.15, 0.2) is 0 Å². The minimum absolute atomic E-state index is 0.197. The number of piperazine rings is 1. The molecule has 33 heavy (non-hydrogen) atoms. The van der Waals surface area contributed by atoms with E-state index in [1.165, 1.54) is 15.2 Å². The number of hydrogen-bond acceptors (Lipinski definition) is 5. The molecule has 1 aliphatic rings. The zero-order chi connectivity index (χ0) is 23.4. The molecule has 0 spiro atoms. The van der Waals surface area contributed by atoms with Crippen molar-refractivity contribution in [2.45, 2.75) is 13.0 Å². The van der Waals surface area contributed by atoms with Crippen LogP contribution in [0.3, 0.4) is 0 Å². The van der Waals surface area contributed by atoms with Crippen molar-refractivity contribution in [1.29, 1.82) is 0 Å². The van der Waals surface area contributed by atoms with Gasteiger partial charge in [0, 0.05) is 39.8 Å². The van der Waals surface area contributed by atoms with Crippen LogP contribution in [0.25, 0.3) is 11.0 Å². The Hall–Kier alpha value is -3.46. The van der Waals surface area contributed by atoms with Crippen LogP contribution in [0.2, 0.25) is 0 Å². The van der Waals surface area contributed by atoms with Crippen molar-refractivity contribution >= 4 is 22.6 Å². The van der Waals surface area contributed by atoms with E-state index >= 15 is 0 Å². The first kappa shape index (κ1) is 22.7. The molecule has 1 saturated heterocycles. The van der Waals surface area contributed by atoms with E-state index in [0.29, 0.717) is 23.3 Å². The van der Waals surface area contributed by atoms with Gasteiger partial charge in [-0.3, -0.25) is 23.9 Å². The molecule has 2 heterocycles. The summed E-state index contributed by atoms with van der Waals surface area (Å²) in [7, 11) is 1.55. The highest BCUT2D eigenvalue weighted by Crippen LogP contribution is 2.20. The Balaban J connectivity index is 1.26. The van der Waals surface area contributed by atoms with E-state index in [-0.39, 0.29) is 18.3 Å². The molecule has 0 saturated carbocycles. The number of anilines is 1. The van der Waals surface area contributed by atoms with Gasteiger partial charge in [-0.15, -0.1) is 0 Å². The summed E-state index contributed by atoms with van der Waals surface area (Å²) in [4.78, 5) is 41.5. The van der Waals surface area contributed by atoms with Gasteiger partial charge in [0.05, 0.1) is 16.7 Å². The third kappa shape index (κ3) is 4.98. The maximum atomic E-state index is 14.0. The van der Waals surface area contributed by atoms with E-state index in [9.17, 15) is 18.8 Å². The van der Waals surface area contributed by atoms with E-state index in [1.807, 2.05) is 6.07 Å². The highest BCUT2D eigenvalue weighted by atomic mass is 19.1. The van der Waals surface area contributed by atoms with Gasteiger partial charge in [-0.05, 0) is 37.2 Å². The number of para-hydroxylation sites is 3. The van der Waals surface area contributed by atoms with Crippen molar-refractivity contribution in [3.8, 4) is 0 Å². The van der Waals surface area contributed by atoms with Crippen LogP contribution in [0.15, 0.2) is 58.1 Å². The third-order valence-corrected chi connectivity index (χ3v) is 6.11. The monoisotopic (exact) mass is 453 g/mol. The number of benzene rings is 2. The third-order valence-electron chi connectivity index (χ3n) is 6.11. The summed E-state index contributed by atoms with van der Waals surface area (Å²) in [5, 5.41) is 2.84. The number of rotatable bonds is 7. The lowest BCUT2D eigenvalue weighted by molar-refractivity contribution is -0.121. The summed E-state index contributed by atoms with van der Waals surface area (Å²) in [5.41, 5.74) is 0.426. The molecule has 1 amide bonds. The molecule has 8 nitrogen and oxygen atoms in total. The second-order valence-corrected chi connectivity index (χ2v) is 8.23. The van der Waals surface area contributed by atoms with Gasteiger partial charge in [-0.2, -0.15) is 0 Å². The van der Waals surface area contributed by atoms with Gasteiger partial charge in [-0.1, -0.05) is 24.3 Å². The maximum Gasteiger partial charge on any atom is 0.317 e. The molecule has 1 aromatic heterocycles. The van der Waals surface area contributed by atoms with E-state index in [4.69, 9.17) is 0 Å². The van der Waals surface area contributed by atoms with Gasteiger partial charge >= 0.3 is 11.1 Å². The highest BCUT2D eigenvalue weighted by molar-refractivity contribution is 5.80. The van der Waals surface area contributed by atoms with Crippen LogP contribution in [-0.2, 0) is 18.4 Å². The Morgan fingerprint density at radius 1 is 0.939 bits per heavy atom. The van der Waals surface area contributed by atoms with Crippen molar-refractivity contribution in [2.24, 2.45) is 7.05 Å². The van der Waals surface area contributed by atoms with Gasteiger partial charge in [-0.25, -0.2) is 4.39 Å². The van der Waals surface area contributed by atoms with Gasteiger partial charge < -0.3 is 14.8 Å². The molecule has 3 aromatic rings. The second kappa shape index (κ2) is 9.99. The Morgan fingerprint density at radius 3 is 2.33 bits per heavy atom. The van der Waals surface area contributed by atoms with Crippen LogP contribution in [0.1, 0.15) is 6.42 Å². The molecule has 0 atom stereocenters. The normalized spacial score (nSPS) is 14.5. The first-order valence-electron chi connectivity index (χ1n) is 11.1. The Labute approximate surface area is 190 Å². The molecule has 9 heteroatoms. The number of aromatic nitrogens is 2. The zero-order valence-electron chi connectivity index (χ0n) is 18.7. The summed E-state index contributed by atoms with van der Waals surface area (Å²) in [5.74, 6) is -0.503. The predicted molar refractivity (Wildman–Crippen MR) is 126 cm³/mol. The van der Waals surface area contributed by atoms with E-state index in [0.717, 1.165) is 39.1 Å². The average Bonchev–Trinajstić information content (AvgIpc) is 2.84. The summed E-state index contributed by atoms with van der Waals surface area (Å²) < 4.78 is 16.5. The summed E-state index contributed by atoms with van der Waals surface area (Å²) in [6.07, 6.45) is 0.762. The molecule has 0 aliphatic carbocycles. The molecule has 174 valence electrons. The maximum absolute atomic E-state index is 14.0. The quantitative estimate of drug-likeness (QED) is 0.429. The number of nitrogens with zero attached hydrogens (tertiary/aromatic N) is 4. The fraction of sp³-hybridized carbons (Fsp3) is 0.375. The number of amides is 1. The fourth-order valence-electron chi connectivity index (χ4n) is 4.26. The lowest BCUT2D eigenvalue weighted by Crippen LogP contribution is -2.47.